The Kier molecular flexibility index (Phi) is 3.27. The second kappa shape index (κ2) is 3.48. The van der Waals surface area contributed by atoms with Crippen molar-refractivity contribution in [3.05, 3.63) is 29.0 Å². The standard InChI is InChI=1S/C4H3ClN2O.ClH/c5-4-1-6-3-7(8)2-4;/h1-3H;1H. The number of halogens is 2. The number of aromatic nitrogens is 2. The van der Waals surface area contributed by atoms with Gasteiger partial charge in [-0.25, -0.2) is 4.73 Å². The highest BCUT2D eigenvalue weighted by Crippen LogP contribution is 1.97. The lowest BCUT2D eigenvalue weighted by Crippen LogP contribution is -2.24. The van der Waals surface area contributed by atoms with Gasteiger partial charge in [-0.1, -0.05) is 16.6 Å². The minimum absolute atomic E-state index is 0. The zero-order chi connectivity index (χ0) is 5.98. The maximum absolute atomic E-state index is 10.3. The summed E-state index contributed by atoms with van der Waals surface area (Å²) in [4.78, 5) is 3.50. The Hall–Kier alpha value is -0.540. The topological polar surface area (TPSA) is 39.8 Å². The molecule has 9 heavy (non-hydrogen) atoms. The molecule has 0 N–H and O–H groups in total. The molecule has 1 aromatic rings. The van der Waals surface area contributed by atoms with Crippen molar-refractivity contribution in [3.8, 4) is 0 Å². The molecule has 1 rings (SSSR count). The van der Waals surface area contributed by atoms with Crippen LogP contribution in [-0.4, -0.2) is 4.98 Å². The van der Waals surface area contributed by atoms with Gasteiger partial charge in [-0.2, -0.15) is 0 Å². The van der Waals surface area contributed by atoms with Crippen LogP contribution in [0, 0.1) is 5.21 Å². The Morgan fingerprint density at radius 2 is 2.33 bits per heavy atom. The Bertz CT molecular complexity index is 176. The highest BCUT2D eigenvalue weighted by atomic mass is 35.5. The molecule has 1 heterocycles. The Labute approximate surface area is 63.3 Å². The molecule has 0 radical (unpaired) electrons. The van der Waals surface area contributed by atoms with Crippen LogP contribution in [-0.2, 0) is 0 Å². The largest absolute Gasteiger partial charge is 0.711 e. The Balaban J connectivity index is 0.000000640. The number of nitrogens with zero attached hydrogens (tertiary/aromatic N) is 2. The summed E-state index contributed by atoms with van der Waals surface area (Å²) in [5.41, 5.74) is 0. The van der Waals surface area contributed by atoms with Gasteiger partial charge >= 0.3 is 0 Å². The minimum Gasteiger partial charge on any atom is -0.711 e. The molecular formula is C4H4Cl2N2O. The molecule has 0 aliphatic rings. The fourth-order valence-electron chi connectivity index (χ4n) is 0.358. The Morgan fingerprint density at radius 3 is 2.67 bits per heavy atom. The molecule has 3 nitrogen and oxygen atoms in total. The van der Waals surface area contributed by atoms with E-state index in [9.17, 15) is 5.21 Å². The minimum atomic E-state index is 0. The van der Waals surface area contributed by atoms with Gasteiger partial charge in [0.15, 0.2) is 6.20 Å². The van der Waals surface area contributed by atoms with Crippen molar-refractivity contribution in [1.82, 2.24) is 4.98 Å². The summed E-state index contributed by atoms with van der Waals surface area (Å²) in [6.45, 7) is 0. The highest BCUT2D eigenvalue weighted by molar-refractivity contribution is 6.30. The lowest BCUT2D eigenvalue weighted by Gasteiger charge is -1.94. The van der Waals surface area contributed by atoms with E-state index in [-0.39, 0.29) is 12.4 Å². The van der Waals surface area contributed by atoms with E-state index in [1.54, 1.807) is 0 Å². The maximum atomic E-state index is 10.3. The van der Waals surface area contributed by atoms with Crippen LogP contribution in [0.5, 0.6) is 0 Å². The summed E-state index contributed by atoms with van der Waals surface area (Å²) < 4.78 is 0.544. The summed E-state index contributed by atoms with van der Waals surface area (Å²) in [6.07, 6.45) is 3.76. The van der Waals surface area contributed by atoms with Crippen LogP contribution in [0.1, 0.15) is 0 Å². The summed E-state index contributed by atoms with van der Waals surface area (Å²) in [5, 5.41) is 10.6. The second-order valence-electron chi connectivity index (χ2n) is 1.27. The molecule has 50 valence electrons. The van der Waals surface area contributed by atoms with Gasteiger partial charge in [-0.3, -0.25) is 0 Å². The van der Waals surface area contributed by atoms with Crippen LogP contribution in [0.3, 0.4) is 0 Å². The quantitative estimate of drug-likeness (QED) is 0.423. The monoisotopic (exact) mass is 166 g/mol. The van der Waals surface area contributed by atoms with Gasteiger partial charge in [0.25, 0.3) is 6.33 Å². The van der Waals surface area contributed by atoms with Gasteiger partial charge in [0.2, 0.25) is 0 Å². The molecule has 0 aliphatic heterocycles. The second-order valence-corrected chi connectivity index (χ2v) is 1.70. The highest BCUT2D eigenvalue weighted by Gasteiger charge is 1.88. The van der Waals surface area contributed by atoms with Crippen molar-refractivity contribution in [2.24, 2.45) is 0 Å². The molecule has 0 fully saturated rings. The smallest absolute Gasteiger partial charge is 0.289 e. The van der Waals surface area contributed by atoms with Crippen molar-refractivity contribution in [2.45, 2.75) is 0 Å². The van der Waals surface area contributed by atoms with Crippen molar-refractivity contribution in [2.75, 3.05) is 0 Å². The third-order valence-electron chi connectivity index (χ3n) is 0.629. The van der Waals surface area contributed by atoms with Gasteiger partial charge in [-0.05, 0) is 0 Å². The van der Waals surface area contributed by atoms with Gasteiger partial charge in [0.05, 0.1) is 0 Å². The molecule has 0 amide bonds. The lowest BCUT2D eigenvalue weighted by molar-refractivity contribution is -0.608. The van der Waals surface area contributed by atoms with Crippen LogP contribution in [0.15, 0.2) is 18.7 Å². The van der Waals surface area contributed by atoms with E-state index < -0.39 is 0 Å². The van der Waals surface area contributed by atoms with Gasteiger partial charge in [0, 0.05) is 0 Å². The third-order valence-corrected chi connectivity index (χ3v) is 0.824. The molecular weight excluding hydrogens is 163 g/mol. The Morgan fingerprint density at radius 1 is 1.67 bits per heavy atom. The average molecular weight is 167 g/mol. The molecule has 0 bridgehead atoms. The predicted octanol–water partition coefficient (Wildman–Crippen LogP) is 0.790. The van der Waals surface area contributed by atoms with Crippen LogP contribution in [0.4, 0.5) is 0 Å². The number of hydrogen-bond acceptors (Lipinski definition) is 2. The first-order valence-corrected chi connectivity index (χ1v) is 2.36. The van der Waals surface area contributed by atoms with Crippen molar-refractivity contribution < 1.29 is 4.73 Å². The SMILES string of the molecule is Cl.[O-][n+]1cncc(Cl)c1. The summed E-state index contributed by atoms with van der Waals surface area (Å²) >= 11 is 5.36. The normalized spacial score (nSPS) is 8.11. The summed E-state index contributed by atoms with van der Waals surface area (Å²) in [7, 11) is 0. The number of rotatable bonds is 0. The van der Waals surface area contributed by atoms with E-state index in [4.69, 9.17) is 11.6 Å². The van der Waals surface area contributed by atoms with E-state index in [1.807, 2.05) is 0 Å². The van der Waals surface area contributed by atoms with E-state index in [0.29, 0.717) is 9.75 Å². The van der Waals surface area contributed by atoms with Crippen molar-refractivity contribution in [1.29, 1.82) is 0 Å². The first-order valence-electron chi connectivity index (χ1n) is 1.98. The van der Waals surface area contributed by atoms with Gasteiger partial charge in [-0.15, -0.1) is 12.4 Å². The molecule has 1 aromatic heterocycles. The molecule has 0 aliphatic carbocycles. The van der Waals surface area contributed by atoms with Crippen LogP contribution in [0.2, 0.25) is 5.02 Å². The molecule has 0 spiro atoms. The molecule has 0 saturated heterocycles. The van der Waals surface area contributed by atoms with Crippen LogP contribution >= 0.6 is 24.0 Å². The van der Waals surface area contributed by atoms with Crippen molar-refractivity contribution >= 4 is 24.0 Å². The zero-order valence-corrected chi connectivity index (χ0v) is 5.89. The lowest BCUT2D eigenvalue weighted by atomic mass is 10.7. The molecule has 0 atom stereocenters. The maximum Gasteiger partial charge on any atom is 0.289 e. The summed E-state index contributed by atoms with van der Waals surface area (Å²) in [6, 6.07) is 0. The van der Waals surface area contributed by atoms with Gasteiger partial charge < -0.3 is 5.21 Å². The summed E-state index contributed by atoms with van der Waals surface area (Å²) in [5.74, 6) is 0. The molecule has 0 saturated carbocycles. The first kappa shape index (κ1) is 8.46. The van der Waals surface area contributed by atoms with Crippen LogP contribution in [0.25, 0.3) is 0 Å². The van der Waals surface area contributed by atoms with E-state index in [0.717, 1.165) is 6.33 Å². The molecule has 5 heteroatoms. The zero-order valence-electron chi connectivity index (χ0n) is 4.32. The fourth-order valence-corrected chi connectivity index (χ4v) is 0.511. The molecule has 0 aromatic carbocycles. The molecule has 0 unspecified atom stereocenters. The van der Waals surface area contributed by atoms with E-state index in [2.05, 4.69) is 4.98 Å². The fraction of sp³-hybridized carbons (Fsp3) is 0. The van der Waals surface area contributed by atoms with Gasteiger partial charge in [0.1, 0.15) is 11.2 Å². The van der Waals surface area contributed by atoms with Crippen molar-refractivity contribution in [3.63, 3.8) is 0 Å². The average Bonchev–Trinajstić information content (AvgIpc) is 1.64. The third kappa shape index (κ3) is 2.49. The van der Waals surface area contributed by atoms with E-state index in [1.165, 1.54) is 12.4 Å². The van der Waals surface area contributed by atoms with E-state index >= 15 is 0 Å². The predicted molar refractivity (Wildman–Crippen MR) is 35.5 cm³/mol. The first-order chi connectivity index (χ1) is 3.79. The van der Waals surface area contributed by atoms with Crippen LogP contribution < -0.4 is 4.73 Å². The number of hydrogen-bond donors (Lipinski definition) is 0.